The van der Waals surface area contributed by atoms with Gasteiger partial charge in [-0.25, -0.2) is 4.39 Å². The summed E-state index contributed by atoms with van der Waals surface area (Å²) in [7, 11) is 0. The van der Waals surface area contributed by atoms with Crippen molar-refractivity contribution in [3.8, 4) is 5.75 Å². The van der Waals surface area contributed by atoms with Crippen molar-refractivity contribution in [2.45, 2.75) is 44.8 Å². The largest absolute Gasteiger partial charge is 0.508 e. The molecule has 2 aliphatic rings. The highest BCUT2D eigenvalue weighted by molar-refractivity contribution is 5.52. The molecule has 0 radical (unpaired) electrons. The smallest absolute Gasteiger partial charge is 0.125 e. The van der Waals surface area contributed by atoms with Gasteiger partial charge >= 0.3 is 0 Å². The molecule has 2 saturated heterocycles. The number of rotatable bonds is 3. The Labute approximate surface area is 155 Å². The van der Waals surface area contributed by atoms with Crippen LogP contribution in [0.2, 0.25) is 0 Å². The standard InChI is InChI=1S/C22H27FN2O/c1-22(2)13-17-15-24(14-16-6-8-20(26)9-7-16)11-10-21(17)25(22)19-5-3-4-18(23)12-19/h3-9,12,17,21,26H,10-11,13-15H2,1-2H3/t17-,21+/m1/s1. The summed E-state index contributed by atoms with van der Waals surface area (Å²) < 4.78 is 13.8. The van der Waals surface area contributed by atoms with Gasteiger partial charge in [0.2, 0.25) is 0 Å². The van der Waals surface area contributed by atoms with Gasteiger partial charge in [0.15, 0.2) is 0 Å². The van der Waals surface area contributed by atoms with Gasteiger partial charge in [0.05, 0.1) is 0 Å². The van der Waals surface area contributed by atoms with E-state index >= 15 is 0 Å². The molecule has 1 N–H and O–H groups in total. The minimum absolute atomic E-state index is 0.0394. The first-order chi connectivity index (χ1) is 12.4. The summed E-state index contributed by atoms with van der Waals surface area (Å²) in [5.41, 5.74) is 2.28. The van der Waals surface area contributed by atoms with Crippen LogP contribution in [0.15, 0.2) is 48.5 Å². The highest BCUT2D eigenvalue weighted by Gasteiger charge is 2.48. The molecule has 2 heterocycles. The molecule has 0 bridgehead atoms. The monoisotopic (exact) mass is 354 g/mol. The van der Waals surface area contributed by atoms with E-state index in [0.717, 1.165) is 38.2 Å². The number of nitrogens with zero attached hydrogens (tertiary/aromatic N) is 2. The summed E-state index contributed by atoms with van der Waals surface area (Å²) in [6.07, 6.45) is 2.23. The van der Waals surface area contributed by atoms with E-state index in [1.165, 1.54) is 11.6 Å². The molecule has 26 heavy (non-hydrogen) atoms. The molecule has 0 amide bonds. The molecule has 0 aromatic heterocycles. The van der Waals surface area contributed by atoms with Gasteiger partial charge < -0.3 is 10.0 Å². The van der Waals surface area contributed by atoms with E-state index in [1.54, 1.807) is 18.2 Å². The molecular formula is C22H27FN2O. The molecule has 2 aromatic rings. The van der Waals surface area contributed by atoms with E-state index in [-0.39, 0.29) is 11.4 Å². The third kappa shape index (κ3) is 3.30. The van der Waals surface area contributed by atoms with Crippen molar-refractivity contribution in [3.63, 3.8) is 0 Å². The first-order valence-electron chi connectivity index (χ1n) is 9.47. The molecule has 0 unspecified atom stereocenters. The normalized spacial score (nSPS) is 25.3. The lowest BCUT2D eigenvalue weighted by atomic mass is 9.89. The fraction of sp³-hybridized carbons (Fsp3) is 0.455. The van der Waals surface area contributed by atoms with E-state index in [2.05, 4.69) is 23.6 Å². The van der Waals surface area contributed by atoms with Crippen molar-refractivity contribution in [1.29, 1.82) is 0 Å². The molecule has 2 aromatic carbocycles. The Hall–Kier alpha value is -2.07. The van der Waals surface area contributed by atoms with Crippen molar-refractivity contribution in [1.82, 2.24) is 4.90 Å². The van der Waals surface area contributed by atoms with Gasteiger partial charge in [0.25, 0.3) is 0 Å². The Morgan fingerprint density at radius 2 is 1.92 bits per heavy atom. The van der Waals surface area contributed by atoms with E-state index in [4.69, 9.17) is 0 Å². The molecule has 138 valence electrons. The van der Waals surface area contributed by atoms with Gasteiger partial charge in [0, 0.05) is 36.9 Å². The maximum absolute atomic E-state index is 13.8. The van der Waals surface area contributed by atoms with E-state index in [9.17, 15) is 9.50 Å². The lowest BCUT2D eigenvalue weighted by Crippen LogP contribution is -2.48. The van der Waals surface area contributed by atoms with Crippen LogP contribution < -0.4 is 4.90 Å². The zero-order chi connectivity index (χ0) is 18.3. The van der Waals surface area contributed by atoms with Gasteiger partial charge in [-0.15, -0.1) is 0 Å². The van der Waals surface area contributed by atoms with E-state index in [0.29, 0.717) is 17.7 Å². The minimum atomic E-state index is -0.161. The summed E-state index contributed by atoms with van der Waals surface area (Å²) in [6, 6.07) is 15.0. The Morgan fingerprint density at radius 1 is 1.15 bits per heavy atom. The molecular weight excluding hydrogens is 327 g/mol. The van der Waals surface area contributed by atoms with Gasteiger partial charge in [-0.3, -0.25) is 4.90 Å². The van der Waals surface area contributed by atoms with Gasteiger partial charge in [-0.1, -0.05) is 18.2 Å². The second-order valence-corrected chi connectivity index (χ2v) is 8.38. The molecule has 3 nitrogen and oxygen atoms in total. The molecule has 2 atom stereocenters. The summed E-state index contributed by atoms with van der Waals surface area (Å²) in [5.74, 6) is 0.751. The predicted octanol–water partition coefficient (Wildman–Crippen LogP) is 4.41. The topological polar surface area (TPSA) is 26.7 Å². The number of benzene rings is 2. The summed E-state index contributed by atoms with van der Waals surface area (Å²) in [6.45, 7) is 7.59. The fourth-order valence-electron chi connectivity index (χ4n) is 4.99. The first-order valence-corrected chi connectivity index (χ1v) is 9.47. The van der Waals surface area contributed by atoms with Crippen molar-refractivity contribution in [2.24, 2.45) is 5.92 Å². The second kappa shape index (κ2) is 6.58. The zero-order valence-electron chi connectivity index (χ0n) is 15.5. The summed E-state index contributed by atoms with van der Waals surface area (Å²) in [5, 5.41) is 9.45. The van der Waals surface area contributed by atoms with Gasteiger partial charge in [-0.05, 0) is 68.5 Å². The lowest BCUT2D eigenvalue weighted by molar-refractivity contribution is 0.161. The first kappa shape index (κ1) is 17.3. The Balaban J connectivity index is 1.50. The average molecular weight is 354 g/mol. The van der Waals surface area contributed by atoms with Crippen LogP contribution in [0.4, 0.5) is 10.1 Å². The fourth-order valence-corrected chi connectivity index (χ4v) is 4.99. The lowest BCUT2D eigenvalue weighted by Gasteiger charge is -2.42. The molecule has 2 aliphatic heterocycles. The van der Waals surface area contributed by atoms with Crippen LogP contribution in [0, 0.1) is 11.7 Å². The maximum Gasteiger partial charge on any atom is 0.125 e. The number of anilines is 1. The maximum atomic E-state index is 13.8. The number of aromatic hydroxyl groups is 1. The van der Waals surface area contributed by atoms with Gasteiger partial charge in [-0.2, -0.15) is 0 Å². The number of likely N-dealkylation sites (tertiary alicyclic amines) is 1. The molecule has 4 heteroatoms. The van der Waals surface area contributed by atoms with Crippen molar-refractivity contribution < 1.29 is 9.50 Å². The Morgan fingerprint density at radius 3 is 2.65 bits per heavy atom. The zero-order valence-corrected chi connectivity index (χ0v) is 15.5. The number of fused-ring (bicyclic) bond motifs is 1. The molecule has 4 rings (SSSR count). The number of halogens is 1. The SMILES string of the molecule is CC1(C)C[C@@H]2CN(Cc3ccc(O)cc3)CC[C@@H]2N1c1cccc(F)c1. The van der Waals surface area contributed by atoms with Crippen LogP contribution in [-0.2, 0) is 6.54 Å². The van der Waals surface area contributed by atoms with Crippen LogP contribution in [0.3, 0.4) is 0 Å². The summed E-state index contributed by atoms with van der Waals surface area (Å²) >= 11 is 0. The van der Waals surface area contributed by atoms with Crippen LogP contribution in [-0.4, -0.2) is 34.7 Å². The Bertz CT molecular complexity index is 774. The minimum Gasteiger partial charge on any atom is -0.508 e. The average Bonchev–Trinajstić information content (AvgIpc) is 2.86. The van der Waals surface area contributed by atoms with Gasteiger partial charge in [0.1, 0.15) is 11.6 Å². The molecule has 0 saturated carbocycles. The molecule has 2 fully saturated rings. The molecule has 0 aliphatic carbocycles. The Kier molecular flexibility index (Phi) is 4.39. The number of phenolic OH excluding ortho intramolecular Hbond substituents is 1. The predicted molar refractivity (Wildman–Crippen MR) is 103 cm³/mol. The number of piperidine rings is 1. The quantitative estimate of drug-likeness (QED) is 0.884. The summed E-state index contributed by atoms with van der Waals surface area (Å²) in [4.78, 5) is 4.97. The van der Waals surface area contributed by atoms with Crippen molar-refractivity contribution in [2.75, 3.05) is 18.0 Å². The van der Waals surface area contributed by atoms with Crippen LogP contribution in [0.1, 0.15) is 32.3 Å². The van der Waals surface area contributed by atoms with Crippen LogP contribution >= 0.6 is 0 Å². The van der Waals surface area contributed by atoms with Crippen LogP contribution in [0.25, 0.3) is 0 Å². The van der Waals surface area contributed by atoms with E-state index in [1.807, 2.05) is 24.3 Å². The van der Waals surface area contributed by atoms with Crippen LogP contribution in [0.5, 0.6) is 5.75 Å². The number of hydrogen-bond donors (Lipinski definition) is 1. The van der Waals surface area contributed by atoms with Crippen molar-refractivity contribution in [3.05, 3.63) is 59.9 Å². The third-order valence-electron chi connectivity index (χ3n) is 5.95. The second-order valence-electron chi connectivity index (χ2n) is 8.38. The number of hydrogen-bond acceptors (Lipinski definition) is 3. The number of phenols is 1. The van der Waals surface area contributed by atoms with Crippen molar-refractivity contribution >= 4 is 5.69 Å². The van der Waals surface area contributed by atoms with E-state index < -0.39 is 0 Å². The molecule has 0 spiro atoms. The third-order valence-corrected chi connectivity index (χ3v) is 5.95. The highest BCUT2D eigenvalue weighted by Crippen LogP contribution is 2.44. The highest BCUT2D eigenvalue weighted by atomic mass is 19.1.